The number of ketones is 1. The SMILES string of the molecule is CCNC(=O)N/C=C(\C#N)C(=O)c1ccccc1. The lowest BCUT2D eigenvalue weighted by atomic mass is 10.1. The van der Waals surface area contributed by atoms with Crippen molar-refractivity contribution in [2.24, 2.45) is 0 Å². The van der Waals surface area contributed by atoms with Gasteiger partial charge in [0.2, 0.25) is 5.78 Å². The van der Waals surface area contributed by atoms with Gasteiger partial charge in [0.1, 0.15) is 11.6 Å². The predicted octanol–water partition coefficient (Wildman–Crippen LogP) is 1.60. The van der Waals surface area contributed by atoms with Gasteiger partial charge in [0.25, 0.3) is 0 Å². The van der Waals surface area contributed by atoms with Crippen LogP contribution in [0.15, 0.2) is 42.1 Å². The van der Waals surface area contributed by atoms with Crippen LogP contribution in [0.5, 0.6) is 0 Å². The zero-order valence-electron chi connectivity index (χ0n) is 9.93. The molecule has 0 heterocycles. The molecule has 0 radical (unpaired) electrons. The smallest absolute Gasteiger partial charge is 0.318 e. The first-order valence-corrected chi connectivity index (χ1v) is 5.43. The molecule has 1 aromatic rings. The number of hydrogen-bond donors (Lipinski definition) is 2. The fraction of sp³-hybridized carbons (Fsp3) is 0.154. The Balaban J connectivity index is 2.79. The Morgan fingerprint density at radius 1 is 1.33 bits per heavy atom. The van der Waals surface area contributed by atoms with Crippen molar-refractivity contribution in [3.8, 4) is 6.07 Å². The molecule has 0 aromatic heterocycles. The number of carbonyl (C=O) groups is 2. The summed E-state index contributed by atoms with van der Waals surface area (Å²) in [7, 11) is 0. The fourth-order valence-corrected chi connectivity index (χ4v) is 1.24. The van der Waals surface area contributed by atoms with E-state index in [9.17, 15) is 9.59 Å². The van der Waals surface area contributed by atoms with Crippen LogP contribution in [0.25, 0.3) is 0 Å². The number of rotatable bonds is 4. The second-order valence-corrected chi connectivity index (χ2v) is 3.37. The van der Waals surface area contributed by atoms with E-state index in [1.54, 1.807) is 43.3 Å². The molecule has 0 bridgehead atoms. The molecular formula is C13H13N3O2. The largest absolute Gasteiger partial charge is 0.338 e. The molecule has 5 heteroatoms. The summed E-state index contributed by atoms with van der Waals surface area (Å²) >= 11 is 0. The predicted molar refractivity (Wildman–Crippen MR) is 66.7 cm³/mol. The third kappa shape index (κ3) is 3.76. The number of allylic oxidation sites excluding steroid dienone is 1. The standard InChI is InChI=1S/C13H13N3O2/c1-2-15-13(18)16-9-11(8-14)12(17)10-6-4-3-5-7-10/h3-7,9H,2H2,1H3,(H2,15,16,18)/b11-9+. The number of Topliss-reactive ketones (excluding diaryl/α,β-unsaturated/α-hetero) is 1. The van der Waals surface area contributed by atoms with Crippen LogP contribution in [0, 0.1) is 11.3 Å². The van der Waals surface area contributed by atoms with Gasteiger partial charge >= 0.3 is 6.03 Å². The number of nitrogens with one attached hydrogen (secondary N) is 2. The van der Waals surface area contributed by atoms with Crippen LogP contribution in [0.4, 0.5) is 4.79 Å². The minimum absolute atomic E-state index is 0.118. The molecule has 0 saturated heterocycles. The summed E-state index contributed by atoms with van der Waals surface area (Å²) in [5, 5.41) is 13.7. The molecule has 0 atom stereocenters. The highest BCUT2D eigenvalue weighted by molar-refractivity contribution is 6.11. The van der Waals surface area contributed by atoms with E-state index in [0.717, 1.165) is 6.20 Å². The molecule has 0 aliphatic rings. The number of nitriles is 1. The minimum atomic E-state index is -0.453. The highest BCUT2D eigenvalue weighted by atomic mass is 16.2. The number of urea groups is 1. The summed E-state index contributed by atoms with van der Waals surface area (Å²) in [6.45, 7) is 2.23. The number of nitrogens with zero attached hydrogens (tertiary/aromatic N) is 1. The van der Waals surface area contributed by atoms with Crippen LogP contribution < -0.4 is 10.6 Å². The van der Waals surface area contributed by atoms with E-state index in [1.165, 1.54) is 0 Å². The highest BCUT2D eigenvalue weighted by Gasteiger charge is 2.11. The zero-order chi connectivity index (χ0) is 13.4. The van der Waals surface area contributed by atoms with E-state index < -0.39 is 11.8 Å². The first kappa shape index (κ1) is 13.5. The molecule has 18 heavy (non-hydrogen) atoms. The van der Waals surface area contributed by atoms with Gasteiger partial charge in [-0.2, -0.15) is 5.26 Å². The van der Waals surface area contributed by atoms with Crippen molar-refractivity contribution in [1.82, 2.24) is 10.6 Å². The number of hydrogen-bond acceptors (Lipinski definition) is 3. The number of carbonyl (C=O) groups excluding carboxylic acids is 2. The molecule has 1 aromatic carbocycles. The second-order valence-electron chi connectivity index (χ2n) is 3.37. The van der Waals surface area contributed by atoms with E-state index in [1.807, 2.05) is 0 Å². The summed E-state index contributed by atoms with van der Waals surface area (Å²) in [6, 6.07) is 9.73. The van der Waals surface area contributed by atoms with Crippen LogP contribution in [0.1, 0.15) is 17.3 Å². The van der Waals surface area contributed by atoms with Gasteiger partial charge in [0, 0.05) is 18.3 Å². The molecule has 5 nitrogen and oxygen atoms in total. The Morgan fingerprint density at radius 2 is 2.00 bits per heavy atom. The average Bonchev–Trinajstić information content (AvgIpc) is 2.40. The molecular weight excluding hydrogens is 230 g/mol. The maximum absolute atomic E-state index is 11.9. The van der Waals surface area contributed by atoms with Crippen molar-refractivity contribution in [1.29, 1.82) is 5.26 Å². The topological polar surface area (TPSA) is 82.0 Å². The number of amides is 2. The maximum atomic E-state index is 11.9. The highest BCUT2D eigenvalue weighted by Crippen LogP contribution is 2.06. The maximum Gasteiger partial charge on any atom is 0.318 e. The van der Waals surface area contributed by atoms with Gasteiger partial charge in [-0.15, -0.1) is 0 Å². The molecule has 1 rings (SSSR count). The van der Waals surface area contributed by atoms with Gasteiger partial charge < -0.3 is 10.6 Å². The molecule has 0 aliphatic carbocycles. The summed E-state index contributed by atoms with van der Waals surface area (Å²) in [4.78, 5) is 23.0. The quantitative estimate of drug-likeness (QED) is 0.478. The first-order valence-electron chi connectivity index (χ1n) is 5.43. The summed E-state index contributed by atoms with van der Waals surface area (Å²) in [5.41, 5.74) is 0.287. The third-order valence-electron chi connectivity index (χ3n) is 2.09. The molecule has 0 saturated carbocycles. The second kappa shape index (κ2) is 6.86. The summed E-state index contributed by atoms with van der Waals surface area (Å²) in [6.07, 6.45) is 1.11. The monoisotopic (exact) mass is 243 g/mol. The van der Waals surface area contributed by atoms with Crippen molar-refractivity contribution in [3.05, 3.63) is 47.7 Å². The average molecular weight is 243 g/mol. The Kier molecular flexibility index (Phi) is 5.13. The van der Waals surface area contributed by atoms with E-state index in [2.05, 4.69) is 10.6 Å². The van der Waals surface area contributed by atoms with Gasteiger partial charge in [0.15, 0.2) is 0 Å². The van der Waals surface area contributed by atoms with Crippen LogP contribution in [0.2, 0.25) is 0 Å². The Hall–Kier alpha value is -2.61. The van der Waals surface area contributed by atoms with Gasteiger partial charge in [0.05, 0.1) is 0 Å². The van der Waals surface area contributed by atoms with E-state index in [0.29, 0.717) is 12.1 Å². The first-order chi connectivity index (χ1) is 8.69. The minimum Gasteiger partial charge on any atom is -0.338 e. The lowest BCUT2D eigenvalue weighted by Crippen LogP contribution is -2.32. The molecule has 2 amide bonds. The Bertz CT molecular complexity index is 501. The van der Waals surface area contributed by atoms with Crippen LogP contribution in [0.3, 0.4) is 0 Å². The Labute approximate surface area is 105 Å². The van der Waals surface area contributed by atoms with Crippen molar-refractivity contribution in [3.63, 3.8) is 0 Å². The molecule has 92 valence electrons. The number of benzene rings is 1. The van der Waals surface area contributed by atoms with Gasteiger partial charge in [-0.25, -0.2) is 4.79 Å². The van der Waals surface area contributed by atoms with E-state index in [4.69, 9.17) is 5.26 Å². The normalized spacial score (nSPS) is 10.3. The third-order valence-corrected chi connectivity index (χ3v) is 2.09. The molecule has 0 fully saturated rings. The fourth-order valence-electron chi connectivity index (χ4n) is 1.24. The van der Waals surface area contributed by atoms with Crippen LogP contribution >= 0.6 is 0 Å². The molecule has 0 spiro atoms. The van der Waals surface area contributed by atoms with Crippen LogP contribution in [-0.4, -0.2) is 18.4 Å². The zero-order valence-corrected chi connectivity index (χ0v) is 9.93. The van der Waals surface area contributed by atoms with E-state index in [-0.39, 0.29) is 5.57 Å². The summed E-state index contributed by atoms with van der Waals surface area (Å²) < 4.78 is 0. The van der Waals surface area contributed by atoms with Crippen LogP contribution in [-0.2, 0) is 0 Å². The summed E-state index contributed by atoms with van der Waals surface area (Å²) in [5.74, 6) is -0.421. The van der Waals surface area contributed by atoms with Crippen molar-refractivity contribution in [2.45, 2.75) is 6.92 Å². The van der Waals surface area contributed by atoms with Gasteiger partial charge in [-0.1, -0.05) is 30.3 Å². The Morgan fingerprint density at radius 3 is 2.56 bits per heavy atom. The van der Waals surface area contributed by atoms with Gasteiger partial charge in [-0.3, -0.25) is 4.79 Å². The lowest BCUT2D eigenvalue weighted by molar-refractivity contribution is 0.103. The molecule has 2 N–H and O–H groups in total. The molecule has 0 unspecified atom stereocenters. The van der Waals surface area contributed by atoms with Crippen molar-refractivity contribution in [2.75, 3.05) is 6.54 Å². The van der Waals surface area contributed by atoms with Crippen molar-refractivity contribution >= 4 is 11.8 Å². The lowest BCUT2D eigenvalue weighted by Gasteiger charge is -2.02. The van der Waals surface area contributed by atoms with Crippen molar-refractivity contribution < 1.29 is 9.59 Å². The van der Waals surface area contributed by atoms with E-state index >= 15 is 0 Å². The molecule has 0 aliphatic heterocycles. The van der Waals surface area contributed by atoms with Gasteiger partial charge in [-0.05, 0) is 6.92 Å².